The Bertz CT molecular complexity index is 1020. The highest BCUT2D eigenvalue weighted by Gasteiger charge is 2.26. The number of rotatable bonds is 4. The van der Waals surface area contributed by atoms with Crippen molar-refractivity contribution in [1.82, 2.24) is 19.7 Å². The molecule has 0 radical (unpaired) electrons. The second-order valence-corrected chi connectivity index (χ2v) is 7.87. The first kappa shape index (κ1) is 19.0. The maximum atomic E-state index is 12.5. The first-order chi connectivity index (χ1) is 13.4. The molecule has 1 saturated heterocycles. The number of anilines is 1. The van der Waals surface area contributed by atoms with Gasteiger partial charge >= 0.3 is 0 Å². The fourth-order valence-electron chi connectivity index (χ4n) is 3.77. The van der Waals surface area contributed by atoms with E-state index in [4.69, 9.17) is 16.0 Å². The zero-order valence-corrected chi connectivity index (χ0v) is 17.1. The number of halogens is 1. The summed E-state index contributed by atoms with van der Waals surface area (Å²) in [5, 5.41) is 8.00. The van der Waals surface area contributed by atoms with Gasteiger partial charge in [-0.3, -0.25) is 14.4 Å². The van der Waals surface area contributed by atoms with E-state index in [2.05, 4.69) is 20.3 Å². The molecule has 1 amide bonds. The van der Waals surface area contributed by atoms with Gasteiger partial charge in [0.1, 0.15) is 5.52 Å². The molecule has 0 atom stereocenters. The standard InChI is InChI=1S/C20H24ClN5O2/c1-12-19(13(2)25(3)24-12)23-18(27)11-26-8-6-14(7-9-26)20-22-16-10-15(21)4-5-17(16)28-20/h4-5,10,14H,6-9,11H2,1-3H3,(H,23,27). The van der Waals surface area contributed by atoms with Gasteiger partial charge in [0.05, 0.1) is 23.6 Å². The number of hydrogen-bond acceptors (Lipinski definition) is 5. The van der Waals surface area contributed by atoms with E-state index in [1.165, 1.54) is 0 Å². The van der Waals surface area contributed by atoms with Gasteiger partial charge in [-0.15, -0.1) is 0 Å². The third-order valence-corrected chi connectivity index (χ3v) is 5.68. The fourth-order valence-corrected chi connectivity index (χ4v) is 3.93. The number of nitrogens with one attached hydrogen (secondary N) is 1. The van der Waals surface area contributed by atoms with Crippen LogP contribution in [0.2, 0.25) is 5.02 Å². The van der Waals surface area contributed by atoms with Crippen LogP contribution in [-0.2, 0) is 11.8 Å². The predicted molar refractivity (Wildman–Crippen MR) is 109 cm³/mol. The van der Waals surface area contributed by atoms with Crippen LogP contribution in [0.5, 0.6) is 0 Å². The molecule has 0 saturated carbocycles. The largest absolute Gasteiger partial charge is 0.440 e. The summed E-state index contributed by atoms with van der Waals surface area (Å²) in [7, 11) is 1.88. The van der Waals surface area contributed by atoms with Crippen LogP contribution in [-0.4, -0.2) is 45.2 Å². The second-order valence-electron chi connectivity index (χ2n) is 7.43. The Balaban J connectivity index is 1.34. The quantitative estimate of drug-likeness (QED) is 0.722. The van der Waals surface area contributed by atoms with Crippen molar-refractivity contribution in [3.8, 4) is 0 Å². The highest BCUT2D eigenvalue weighted by Crippen LogP contribution is 2.30. The van der Waals surface area contributed by atoms with Crippen molar-refractivity contribution in [1.29, 1.82) is 0 Å². The van der Waals surface area contributed by atoms with Crippen LogP contribution in [0.3, 0.4) is 0 Å². The van der Waals surface area contributed by atoms with Crippen LogP contribution < -0.4 is 5.32 Å². The number of fused-ring (bicyclic) bond motifs is 1. The molecular weight excluding hydrogens is 378 g/mol. The lowest BCUT2D eigenvalue weighted by atomic mass is 9.97. The molecule has 1 aliphatic rings. The van der Waals surface area contributed by atoms with E-state index in [9.17, 15) is 4.79 Å². The molecule has 0 aliphatic carbocycles. The average Bonchev–Trinajstić information content (AvgIpc) is 3.18. The number of oxazole rings is 1. The van der Waals surface area contributed by atoms with Crippen molar-refractivity contribution in [2.24, 2.45) is 7.05 Å². The molecule has 3 aromatic rings. The van der Waals surface area contributed by atoms with Crippen LogP contribution in [0.1, 0.15) is 36.0 Å². The van der Waals surface area contributed by atoms with Crippen LogP contribution in [0.15, 0.2) is 22.6 Å². The summed E-state index contributed by atoms with van der Waals surface area (Å²) < 4.78 is 7.69. The third kappa shape index (κ3) is 3.77. The van der Waals surface area contributed by atoms with Crippen molar-refractivity contribution in [2.45, 2.75) is 32.6 Å². The summed E-state index contributed by atoms with van der Waals surface area (Å²) in [6, 6.07) is 5.49. The first-order valence-corrected chi connectivity index (χ1v) is 9.87. The van der Waals surface area contributed by atoms with Crippen LogP contribution >= 0.6 is 11.6 Å². The number of aromatic nitrogens is 3. The second kappa shape index (κ2) is 7.56. The maximum Gasteiger partial charge on any atom is 0.238 e. The Morgan fingerprint density at radius 1 is 1.32 bits per heavy atom. The molecule has 1 aliphatic heterocycles. The minimum Gasteiger partial charge on any atom is -0.440 e. The van der Waals surface area contributed by atoms with Gasteiger partial charge in [-0.1, -0.05) is 11.6 Å². The Morgan fingerprint density at radius 2 is 2.07 bits per heavy atom. The van der Waals surface area contributed by atoms with E-state index in [1.807, 2.05) is 39.1 Å². The fraction of sp³-hybridized carbons (Fsp3) is 0.450. The number of amides is 1. The van der Waals surface area contributed by atoms with Gasteiger partial charge in [0.2, 0.25) is 5.91 Å². The van der Waals surface area contributed by atoms with Crippen molar-refractivity contribution in [3.63, 3.8) is 0 Å². The van der Waals surface area contributed by atoms with E-state index in [0.717, 1.165) is 60.0 Å². The van der Waals surface area contributed by atoms with Crippen molar-refractivity contribution in [2.75, 3.05) is 25.0 Å². The molecule has 3 heterocycles. The van der Waals surface area contributed by atoms with E-state index in [1.54, 1.807) is 4.68 Å². The Kier molecular flexibility index (Phi) is 5.12. The predicted octanol–water partition coefficient (Wildman–Crippen LogP) is 3.65. The molecule has 0 spiro atoms. The minimum absolute atomic E-state index is 0.00541. The maximum absolute atomic E-state index is 12.5. The van der Waals surface area contributed by atoms with Crippen molar-refractivity contribution >= 4 is 34.3 Å². The van der Waals surface area contributed by atoms with Gasteiger partial charge in [0.25, 0.3) is 0 Å². The summed E-state index contributed by atoms with van der Waals surface area (Å²) in [6.07, 6.45) is 1.83. The topological polar surface area (TPSA) is 76.2 Å². The Hall–Kier alpha value is -2.38. The van der Waals surface area contributed by atoms with E-state index in [0.29, 0.717) is 11.6 Å². The van der Waals surface area contributed by atoms with Gasteiger partial charge in [0.15, 0.2) is 11.5 Å². The zero-order valence-electron chi connectivity index (χ0n) is 16.3. The highest BCUT2D eigenvalue weighted by atomic mass is 35.5. The molecule has 1 aromatic carbocycles. The monoisotopic (exact) mass is 401 g/mol. The first-order valence-electron chi connectivity index (χ1n) is 9.49. The van der Waals surface area contributed by atoms with E-state index >= 15 is 0 Å². The third-order valence-electron chi connectivity index (χ3n) is 5.44. The summed E-state index contributed by atoms with van der Waals surface area (Å²) in [4.78, 5) is 19.2. The number of benzene rings is 1. The van der Waals surface area contributed by atoms with E-state index < -0.39 is 0 Å². The number of hydrogen-bond donors (Lipinski definition) is 1. The van der Waals surface area contributed by atoms with Crippen molar-refractivity contribution in [3.05, 3.63) is 40.5 Å². The summed E-state index contributed by atoms with van der Waals surface area (Å²) in [5.41, 5.74) is 4.17. The van der Waals surface area contributed by atoms with Crippen LogP contribution in [0, 0.1) is 13.8 Å². The average molecular weight is 402 g/mol. The van der Waals surface area contributed by atoms with Gasteiger partial charge < -0.3 is 9.73 Å². The summed E-state index contributed by atoms with van der Waals surface area (Å²) in [5.74, 6) is 1.03. The normalized spacial score (nSPS) is 16.0. The summed E-state index contributed by atoms with van der Waals surface area (Å²) >= 11 is 6.03. The molecule has 2 aromatic heterocycles. The number of carbonyl (C=O) groups excluding carboxylic acids is 1. The smallest absolute Gasteiger partial charge is 0.238 e. The molecule has 4 rings (SSSR count). The lowest BCUT2D eigenvalue weighted by Crippen LogP contribution is -2.38. The lowest BCUT2D eigenvalue weighted by Gasteiger charge is -2.29. The summed E-state index contributed by atoms with van der Waals surface area (Å²) in [6.45, 7) is 5.91. The number of nitrogens with zero attached hydrogens (tertiary/aromatic N) is 4. The number of aryl methyl sites for hydroxylation is 2. The molecular formula is C20H24ClN5O2. The molecule has 1 N–H and O–H groups in total. The molecule has 148 valence electrons. The van der Waals surface area contributed by atoms with Gasteiger partial charge in [-0.25, -0.2) is 4.98 Å². The zero-order chi connectivity index (χ0) is 19.8. The number of carbonyl (C=O) groups is 1. The van der Waals surface area contributed by atoms with Crippen LogP contribution in [0.4, 0.5) is 5.69 Å². The SMILES string of the molecule is Cc1nn(C)c(C)c1NC(=O)CN1CCC(c2nc3cc(Cl)ccc3o2)CC1. The number of likely N-dealkylation sites (tertiary alicyclic amines) is 1. The number of piperidine rings is 1. The van der Waals surface area contributed by atoms with Crippen LogP contribution in [0.25, 0.3) is 11.1 Å². The van der Waals surface area contributed by atoms with Gasteiger partial charge in [0, 0.05) is 18.0 Å². The van der Waals surface area contributed by atoms with Gasteiger partial charge in [-0.05, 0) is 58.0 Å². The molecule has 28 heavy (non-hydrogen) atoms. The Morgan fingerprint density at radius 3 is 2.75 bits per heavy atom. The molecule has 7 nitrogen and oxygen atoms in total. The van der Waals surface area contributed by atoms with Crippen molar-refractivity contribution < 1.29 is 9.21 Å². The Labute approximate surface area is 168 Å². The van der Waals surface area contributed by atoms with Gasteiger partial charge in [-0.2, -0.15) is 5.10 Å². The molecule has 1 fully saturated rings. The lowest BCUT2D eigenvalue weighted by molar-refractivity contribution is -0.117. The van der Waals surface area contributed by atoms with E-state index in [-0.39, 0.29) is 11.8 Å². The molecule has 0 bridgehead atoms. The minimum atomic E-state index is -0.00541. The molecule has 0 unspecified atom stereocenters. The molecule has 8 heteroatoms. The highest BCUT2D eigenvalue weighted by molar-refractivity contribution is 6.31.